The number of nitrogens with zero attached hydrogens (tertiary/aromatic N) is 3. The number of aromatic nitrogens is 3. The monoisotopic (exact) mass is 313 g/mol. The van der Waals surface area contributed by atoms with Crippen LogP contribution in [0.4, 0.5) is 0 Å². The Kier molecular flexibility index (Phi) is 7.92. The molecule has 0 saturated heterocycles. The highest BCUT2D eigenvalue weighted by molar-refractivity contribution is 5.49. The molecule has 0 bridgehead atoms. The fourth-order valence-corrected chi connectivity index (χ4v) is 1.69. The van der Waals surface area contributed by atoms with Crippen LogP contribution in [0.1, 0.15) is 27.7 Å². The average molecular weight is 313 g/mol. The molecule has 0 aliphatic heterocycles. The van der Waals surface area contributed by atoms with Gasteiger partial charge in [-0.05, 0) is 24.3 Å². The molecule has 0 spiro atoms. The van der Waals surface area contributed by atoms with Gasteiger partial charge in [-0.25, -0.2) is 0 Å². The third-order valence-electron chi connectivity index (χ3n) is 2.63. The maximum Gasteiger partial charge on any atom is 0.171 e. The van der Waals surface area contributed by atoms with Crippen molar-refractivity contribution in [2.45, 2.75) is 27.7 Å². The molecular formula is C18H23N3O2. The summed E-state index contributed by atoms with van der Waals surface area (Å²) in [6.45, 7) is 8.00. The van der Waals surface area contributed by atoms with E-state index >= 15 is 0 Å². The highest BCUT2D eigenvalue weighted by Crippen LogP contribution is 2.32. The van der Waals surface area contributed by atoms with Gasteiger partial charge in [0.05, 0.1) is 5.69 Å². The maximum atomic E-state index is 9.83. The van der Waals surface area contributed by atoms with Gasteiger partial charge in [0.15, 0.2) is 11.5 Å². The smallest absolute Gasteiger partial charge is 0.171 e. The molecule has 1 heterocycles. The highest BCUT2D eigenvalue weighted by Gasteiger charge is 2.06. The van der Waals surface area contributed by atoms with Gasteiger partial charge < -0.3 is 9.84 Å². The summed E-state index contributed by atoms with van der Waals surface area (Å²) in [5.74, 6) is 1.14. The molecule has 0 fully saturated rings. The lowest BCUT2D eigenvalue weighted by atomic mass is 10.2. The number of ether oxygens (including phenoxy) is 1. The SMILES string of the molecule is CC.CC.Oc1ccc(-n2cnnc2)cc1Oc1ccccc1. The van der Waals surface area contributed by atoms with E-state index in [-0.39, 0.29) is 5.75 Å². The number of benzene rings is 2. The largest absolute Gasteiger partial charge is 0.504 e. The van der Waals surface area contributed by atoms with Crippen molar-refractivity contribution in [2.24, 2.45) is 0 Å². The van der Waals surface area contributed by atoms with Crippen LogP contribution in [0.25, 0.3) is 5.69 Å². The van der Waals surface area contributed by atoms with E-state index in [9.17, 15) is 5.11 Å². The maximum absolute atomic E-state index is 9.83. The molecule has 3 aromatic rings. The van der Waals surface area contributed by atoms with Crippen molar-refractivity contribution in [2.75, 3.05) is 0 Å². The Morgan fingerprint density at radius 1 is 0.870 bits per heavy atom. The van der Waals surface area contributed by atoms with Gasteiger partial charge in [-0.1, -0.05) is 45.9 Å². The van der Waals surface area contributed by atoms with Crippen LogP contribution in [0.3, 0.4) is 0 Å². The van der Waals surface area contributed by atoms with Crippen LogP contribution in [-0.2, 0) is 0 Å². The molecular weight excluding hydrogens is 290 g/mol. The minimum absolute atomic E-state index is 0.0840. The fraction of sp³-hybridized carbons (Fsp3) is 0.222. The zero-order valence-electron chi connectivity index (χ0n) is 14.0. The Morgan fingerprint density at radius 2 is 1.48 bits per heavy atom. The van der Waals surface area contributed by atoms with Crippen molar-refractivity contribution in [3.63, 3.8) is 0 Å². The molecule has 0 radical (unpaired) electrons. The van der Waals surface area contributed by atoms with E-state index in [2.05, 4.69) is 10.2 Å². The second kappa shape index (κ2) is 10.00. The topological polar surface area (TPSA) is 60.2 Å². The molecule has 0 atom stereocenters. The van der Waals surface area contributed by atoms with Crippen molar-refractivity contribution in [1.82, 2.24) is 14.8 Å². The molecule has 122 valence electrons. The zero-order valence-corrected chi connectivity index (χ0v) is 14.0. The zero-order chi connectivity index (χ0) is 17.1. The highest BCUT2D eigenvalue weighted by atomic mass is 16.5. The molecule has 23 heavy (non-hydrogen) atoms. The van der Waals surface area contributed by atoms with Gasteiger partial charge >= 0.3 is 0 Å². The first-order valence-corrected chi connectivity index (χ1v) is 7.74. The molecule has 0 aliphatic carbocycles. The van der Waals surface area contributed by atoms with Crippen LogP contribution < -0.4 is 4.74 Å². The van der Waals surface area contributed by atoms with Crippen LogP contribution in [0, 0.1) is 0 Å². The number of phenols is 1. The van der Waals surface area contributed by atoms with Gasteiger partial charge in [-0.15, -0.1) is 10.2 Å². The number of aromatic hydroxyl groups is 1. The van der Waals surface area contributed by atoms with E-state index in [0.29, 0.717) is 11.5 Å². The summed E-state index contributed by atoms with van der Waals surface area (Å²) in [4.78, 5) is 0. The van der Waals surface area contributed by atoms with E-state index in [1.165, 1.54) is 0 Å². The Hall–Kier alpha value is -2.82. The summed E-state index contributed by atoms with van der Waals surface area (Å²) in [6.07, 6.45) is 3.16. The van der Waals surface area contributed by atoms with Gasteiger partial charge in [0.1, 0.15) is 18.4 Å². The normalized spacial score (nSPS) is 9.04. The Bertz CT molecular complexity index is 668. The lowest BCUT2D eigenvalue weighted by molar-refractivity contribution is 0.411. The average Bonchev–Trinajstić information content (AvgIpc) is 3.16. The van der Waals surface area contributed by atoms with Crippen molar-refractivity contribution >= 4 is 0 Å². The van der Waals surface area contributed by atoms with E-state index in [4.69, 9.17) is 4.74 Å². The van der Waals surface area contributed by atoms with Gasteiger partial charge in [0, 0.05) is 6.07 Å². The second-order valence-electron chi connectivity index (χ2n) is 3.94. The molecule has 2 aromatic carbocycles. The first-order valence-electron chi connectivity index (χ1n) is 7.74. The summed E-state index contributed by atoms with van der Waals surface area (Å²) in [7, 11) is 0. The predicted octanol–water partition coefficient (Wildman–Crippen LogP) is 4.82. The van der Waals surface area contributed by atoms with Gasteiger partial charge in [-0.2, -0.15) is 0 Å². The molecule has 3 rings (SSSR count). The third kappa shape index (κ3) is 5.14. The van der Waals surface area contributed by atoms with Gasteiger partial charge in [0.2, 0.25) is 0 Å². The molecule has 0 aliphatic rings. The Labute approximate surface area is 137 Å². The number of para-hydroxylation sites is 1. The lowest BCUT2D eigenvalue weighted by Gasteiger charge is -2.09. The first-order chi connectivity index (χ1) is 11.3. The first kappa shape index (κ1) is 18.2. The number of hydrogen-bond donors (Lipinski definition) is 1. The van der Waals surface area contributed by atoms with E-state index in [0.717, 1.165) is 5.69 Å². The fourth-order valence-electron chi connectivity index (χ4n) is 1.69. The van der Waals surface area contributed by atoms with Crippen molar-refractivity contribution in [3.8, 4) is 22.9 Å². The summed E-state index contributed by atoms with van der Waals surface area (Å²) in [5.41, 5.74) is 0.814. The quantitative estimate of drug-likeness (QED) is 0.753. The van der Waals surface area contributed by atoms with Crippen LogP contribution >= 0.6 is 0 Å². The third-order valence-corrected chi connectivity index (χ3v) is 2.63. The van der Waals surface area contributed by atoms with E-state index < -0.39 is 0 Å². The predicted molar refractivity (Wildman–Crippen MR) is 92.2 cm³/mol. The Morgan fingerprint density at radius 3 is 2.09 bits per heavy atom. The molecule has 0 unspecified atom stereocenters. The molecule has 1 aromatic heterocycles. The lowest BCUT2D eigenvalue weighted by Crippen LogP contribution is -1.92. The van der Waals surface area contributed by atoms with Crippen LogP contribution in [-0.4, -0.2) is 19.9 Å². The molecule has 0 saturated carbocycles. The van der Waals surface area contributed by atoms with Crippen LogP contribution in [0.5, 0.6) is 17.2 Å². The summed E-state index contributed by atoms with van der Waals surface area (Å²) in [5, 5.41) is 17.3. The molecule has 1 N–H and O–H groups in total. The van der Waals surface area contributed by atoms with E-state index in [1.807, 2.05) is 58.0 Å². The minimum Gasteiger partial charge on any atom is -0.504 e. The van der Waals surface area contributed by atoms with Crippen molar-refractivity contribution < 1.29 is 9.84 Å². The molecule has 5 heteroatoms. The summed E-state index contributed by atoms with van der Waals surface area (Å²) >= 11 is 0. The number of hydrogen-bond acceptors (Lipinski definition) is 4. The summed E-state index contributed by atoms with van der Waals surface area (Å²) < 4.78 is 7.38. The molecule has 5 nitrogen and oxygen atoms in total. The van der Waals surface area contributed by atoms with Crippen LogP contribution in [0.15, 0.2) is 61.2 Å². The summed E-state index contributed by atoms with van der Waals surface area (Å²) in [6, 6.07) is 14.4. The second-order valence-corrected chi connectivity index (χ2v) is 3.94. The van der Waals surface area contributed by atoms with Crippen LogP contribution in [0.2, 0.25) is 0 Å². The van der Waals surface area contributed by atoms with Gasteiger partial charge in [-0.3, -0.25) is 4.57 Å². The van der Waals surface area contributed by atoms with Crippen molar-refractivity contribution in [3.05, 3.63) is 61.2 Å². The minimum atomic E-state index is 0.0840. The van der Waals surface area contributed by atoms with E-state index in [1.54, 1.807) is 35.4 Å². The Balaban J connectivity index is 0.000000615. The molecule has 0 amide bonds. The van der Waals surface area contributed by atoms with Gasteiger partial charge in [0.25, 0.3) is 0 Å². The van der Waals surface area contributed by atoms with Crippen molar-refractivity contribution in [1.29, 1.82) is 0 Å². The standard InChI is InChI=1S/C14H11N3O2.2C2H6/c18-13-7-6-11(17-9-15-16-10-17)8-14(13)19-12-4-2-1-3-5-12;2*1-2/h1-10,18H;2*1-2H3. The number of rotatable bonds is 3. The number of phenolic OH excluding ortho intramolecular Hbond substituents is 1.